The van der Waals surface area contributed by atoms with Crippen molar-refractivity contribution in [3.8, 4) is 11.3 Å². The quantitative estimate of drug-likeness (QED) is 0.227. The number of rotatable bonds is 7. The predicted octanol–water partition coefficient (Wildman–Crippen LogP) is 10.3. The van der Waals surface area contributed by atoms with Gasteiger partial charge >= 0.3 is 0 Å². The normalized spacial score (nSPS) is 14.0. The Bertz CT molecular complexity index is 1350. The molecule has 9 heteroatoms. The Morgan fingerprint density at radius 2 is 1.41 bits per heavy atom. The summed E-state index contributed by atoms with van der Waals surface area (Å²) >= 11 is 26.8. The minimum Gasteiger partial charge on any atom is -0.306 e. The van der Waals surface area contributed by atoms with Crippen LogP contribution in [0, 0.1) is 0 Å². The fourth-order valence-corrected chi connectivity index (χ4v) is 7.30. The summed E-state index contributed by atoms with van der Waals surface area (Å²) in [4.78, 5) is 4.57. The topological polar surface area (TPSA) is 42.0 Å². The molecule has 0 amide bonds. The van der Waals surface area contributed by atoms with Gasteiger partial charge in [-0.25, -0.2) is 4.98 Å². The molecule has 0 saturated carbocycles. The lowest BCUT2D eigenvalue weighted by molar-refractivity contribution is 0.589. The second-order valence-electron chi connectivity index (χ2n) is 7.17. The van der Waals surface area contributed by atoms with Gasteiger partial charge in [0.25, 0.3) is 0 Å². The molecule has 0 aliphatic heterocycles. The maximum absolute atomic E-state index is 14.1. The number of aromatic nitrogens is 1. The highest BCUT2D eigenvalue weighted by molar-refractivity contribution is 7.72. The van der Waals surface area contributed by atoms with E-state index in [2.05, 4.69) is 10.1 Å². The molecule has 4 aromatic rings. The molecule has 3 aromatic carbocycles. The summed E-state index contributed by atoms with van der Waals surface area (Å²) in [6.45, 7) is 0. The number of anilines is 1. The molecule has 0 bridgehead atoms. The Hall–Kier alpha value is -2.04. The number of hydrogen-bond donors (Lipinski definition) is 1. The number of nitrogens with one attached hydrogen (secondary N) is 1. The SMILES string of the molecule is O=P(C=C(Cl)c1ccccc1)(/C=C(/Cl)c1ccccc1)Nc1nc(-c2cc(Cl)ccc2Cl)cs1. The summed E-state index contributed by atoms with van der Waals surface area (Å²) in [5.41, 5.74) is 2.77. The van der Waals surface area contributed by atoms with Crippen LogP contribution < -0.4 is 5.09 Å². The van der Waals surface area contributed by atoms with Crippen molar-refractivity contribution in [1.29, 1.82) is 0 Å². The molecule has 3 nitrogen and oxygen atoms in total. The molecule has 1 N–H and O–H groups in total. The summed E-state index contributed by atoms with van der Waals surface area (Å²) in [6.07, 6.45) is 0. The van der Waals surface area contributed by atoms with Crippen LogP contribution in [0.15, 0.2) is 95.9 Å². The third kappa shape index (κ3) is 6.34. The maximum Gasteiger partial charge on any atom is 0.217 e. The minimum atomic E-state index is -3.43. The Kier molecular flexibility index (Phi) is 8.21. The van der Waals surface area contributed by atoms with E-state index in [4.69, 9.17) is 46.4 Å². The van der Waals surface area contributed by atoms with Crippen LogP contribution in [0.1, 0.15) is 11.1 Å². The second-order valence-corrected chi connectivity index (χ2v) is 11.8. The number of halogens is 4. The standard InChI is InChI=1S/C25H17Cl4N2OPS/c26-19-11-12-21(27)20(13-19)24-16-34-25(30-24)31-33(32,14-22(28)17-7-3-1-4-8-17)15-23(29)18-9-5-2-6-10-18/h1-16H,(H,30,31,32)/b22-14+,23-15?. The number of benzene rings is 3. The fraction of sp³-hybridized carbons (Fsp3) is 0. The molecule has 1 atom stereocenters. The first kappa shape index (κ1) is 25.1. The average molecular weight is 566 g/mol. The van der Waals surface area contributed by atoms with Gasteiger partial charge in [0.05, 0.1) is 20.8 Å². The third-order valence-electron chi connectivity index (χ3n) is 4.69. The van der Waals surface area contributed by atoms with E-state index in [0.29, 0.717) is 36.5 Å². The van der Waals surface area contributed by atoms with E-state index in [1.165, 1.54) is 23.0 Å². The van der Waals surface area contributed by atoms with E-state index in [1.807, 2.05) is 66.0 Å². The van der Waals surface area contributed by atoms with Crippen molar-refractivity contribution < 1.29 is 4.57 Å². The van der Waals surface area contributed by atoms with Crippen LogP contribution in [-0.4, -0.2) is 4.98 Å². The van der Waals surface area contributed by atoms with Crippen molar-refractivity contribution in [2.24, 2.45) is 0 Å². The Morgan fingerprint density at radius 3 is 1.97 bits per heavy atom. The van der Waals surface area contributed by atoms with Crippen LogP contribution in [-0.2, 0) is 4.57 Å². The monoisotopic (exact) mass is 564 g/mol. The Labute approximate surface area is 222 Å². The zero-order valence-corrected chi connectivity index (χ0v) is 22.2. The molecule has 0 fully saturated rings. The fourth-order valence-electron chi connectivity index (χ4n) is 3.07. The van der Waals surface area contributed by atoms with Gasteiger partial charge in [-0.05, 0) is 29.3 Å². The Balaban J connectivity index is 1.72. The molecule has 34 heavy (non-hydrogen) atoms. The van der Waals surface area contributed by atoms with Crippen molar-refractivity contribution in [1.82, 2.24) is 4.98 Å². The van der Waals surface area contributed by atoms with Crippen molar-refractivity contribution in [2.45, 2.75) is 0 Å². The first-order chi connectivity index (χ1) is 16.3. The largest absolute Gasteiger partial charge is 0.306 e. The van der Waals surface area contributed by atoms with Crippen molar-refractivity contribution >= 4 is 80.2 Å². The second kappa shape index (κ2) is 11.1. The predicted molar refractivity (Wildman–Crippen MR) is 149 cm³/mol. The molecule has 0 saturated heterocycles. The number of nitrogens with zero attached hydrogens (tertiary/aromatic N) is 1. The van der Waals surface area contributed by atoms with E-state index in [0.717, 1.165) is 11.1 Å². The summed E-state index contributed by atoms with van der Waals surface area (Å²) < 4.78 is 14.1. The van der Waals surface area contributed by atoms with Gasteiger partial charge in [0.1, 0.15) is 0 Å². The maximum atomic E-state index is 14.1. The average Bonchev–Trinajstić information content (AvgIpc) is 3.29. The van der Waals surface area contributed by atoms with Crippen molar-refractivity contribution in [3.63, 3.8) is 0 Å². The van der Waals surface area contributed by atoms with E-state index in [-0.39, 0.29) is 0 Å². The highest BCUT2D eigenvalue weighted by atomic mass is 35.5. The lowest BCUT2D eigenvalue weighted by Crippen LogP contribution is -1.94. The Morgan fingerprint density at radius 1 is 0.853 bits per heavy atom. The number of hydrogen-bond acceptors (Lipinski definition) is 3. The van der Waals surface area contributed by atoms with Crippen LogP contribution in [0.2, 0.25) is 10.0 Å². The van der Waals surface area contributed by atoms with Crippen molar-refractivity contribution in [3.05, 3.63) is 117 Å². The first-order valence-corrected chi connectivity index (χ1v) is 14.2. The van der Waals surface area contributed by atoms with Crippen LogP contribution in [0.4, 0.5) is 5.13 Å². The van der Waals surface area contributed by atoms with E-state index in [1.54, 1.807) is 18.2 Å². The summed E-state index contributed by atoms with van der Waals surface area (Å²) in [5.74, 6) is 2.98. The summed E-state index contributed by atoms with van der Waals surface area (Å²) in [7, 11) is -3.43. The minimum absolute atomic E-state index is 0.333. The van der Waals surface area contributed by atoms with E-state index < -0.39 is 7.29 Å². The molecular formula is C25H17Cl4N2OPS. The van der Waals surface area contributed by atoms with E-state index in [9.17, 15) is 4.57 Å². The van der Waals surface area contributed by atoms with Gasteiger partial charge in [0.15, 0.2) is 5.13 Å². The van der Waals surface area contributed by atoms with Gasteiger partial charge < -0.3 is 5.09 Å². The summed E-state index contributed by atoms with van der Waals surface area (Å²) in [6, 6.07) is 23.7. The van der Waals surface area contributed by atoms with E-state index >= 15 is 0 Å². The molecule has 1 heterocycles. The van der Waals surface area contributed by atoms with Crippen LogP contribution in [0.3, 0.4) is 0 Å². The van der Waals surface area contributed by atoms with Crippen LogP contribution >= 0.6 is 65.0 Å². The third-order valence-corrected chi connectivity index (χ3v) is 8.97. The molecule has 0 spiro atoms. The smallest absolute Gasteiger partial charge is 0.217 e. The van der Waals surface area contributed by atoms with Gasteiger partial charge in [-0.3, -0.25) is 4.57 Å². The van der Waals surface area contributed by atoms with Gasteiger partial charge in [0.2, 0.25) is 7.29 Å². The molecule has 0 aliphatic carbocycles. The molecule has 1 unspecified atom stereocenters. The van der Waals surface area contributed by atoms with Gasteiger partial charge in [0, 0.05) is 27.6 Å². The molecular weight excluding hydrogens is 549 g/mol. The zero-order valence-electron chi connectivity index (χ0n) is 17.5. The molecule has 0 aliphatic rings. The highest BCUT2D eigenvalue weighted by Crippen LogP contribution is 2.54. The van der Waals surface area contributed by atoms with Gasteiger partial charge in [-0.1, -0.05) is 107 Å². The lowest BCUT2D eigenvalue weighted by atomic mass is 10.2. The first-order valence-electron chi connectivity index (χ1n) is 9.99. The zero-order chi connectivity index (χ0) is 24.1. The molecule has 4 rings (SSSR count). The highest BCUT2D eigenvalue weighted by Gasteiger charge is 2.22. The lowest BCUT2D eigenvalue weighted by Gasteiger charge is -2.14. The number of thiazole rings is 1. The van der Waals surface area contributed by atoms with Gasteiger partial charge in [-0.15, -0.1) is 11.3 Å². The summed E-state index contributed by atoms with van der Waals surface area (Å²) in [5, 5.41) is 7.02. The molecule has 0 radical (unpaired) electrons. The molecule has 1 aromatic heterocycles. The van der Waals surface area contributed by atoms with Crippen LogP contribution in [0.25, 0.3) is 21.3 Å². The van der Waals surface area contributed by atoms with Gasteiger partial charge in [-0.2, -0.15) is 0 Å². The van der Waals surface area contributed by atoms with Crippen LogP contribution in [0.5, 0.6) is 0 Å². The molecule has 172 valence electrons. The van der Waals surface area contributed by atoms with Crippen molar-refractivity contribution in [2.75, 3.05) is 5.09 Å².